The summed E-state index contributed by atoms with van der Waals surface area (Å²) in [5, 5.41) is 11.5. The Morgan fingerprint density at radius 3 is 2.52 bits per heavy atom. The summed E-state index contributed by atoms with van der Waals surface area (Å²) in [5.74, 6) is -0.339. The number of carbonyl (C=O) groups excluding carboxylic acids is 1. The van der Waals surface area contributed by atoms with Crippen molar-refractivity contribution in [2.24, 2.45) is 0 Å². The number of ether oxygens (including phenoxy) is 1. The van der Waals surface area contributed by atoms with E-state index in [9.17, 15) is 19.7 Å². The molecule has 4 aromatic rings. The van der Waals surface area contributed by atoms with Crippen LogP contribution in [0.3, 0.4) is 0 Å². The number of carbonyl (C=O) groups is 1. The maximum absolute atomic E-state index is 12.4. The standard InChI is InChI=1S/C23H17NO7/c1-2-14-3-8-18-16(12-22(25)31-21(18)11-14)13-29-23(26)20-10-9-19(30-20)15-4-6-17(7-5-15)24(27)28/h3-12H,2,13H2,1H3. The van der Waals surface area contributed by atoms with E-state index in [1.165, 1.54) is 36.4 Å². The highest BCUT2D eigenvalue weighted by molar-refractivity contribution is 5.87. The number of hydrogen-bond acceptors (Lipinski definition) is 7. The van der Waals surface area contributed by atoms with Gasteiger partial charge in [0.15, 0.2) is 0 Å². The fourth-order valence-electron chi connectivity index (χ4n) is 3.18. The highest BCUT2D eigenvalue weighted by Crippen LogP contribution is 2.25. The Labute approximate surface area is 175 Å². The number of aryl methyl sites for hydroxylation is 1. The third kappa shape index (κ3) is 4.23. The Hall–Kier alpha value is -4.20. The Morgan fingerprint density at radius 2 is 1.81 bits per heavy atom. The summed E-state index contributed by atoms with van der Waals surface area (Å²) < 4.78 is 16.1. The van der Waals surface area contributed by atoms with Crippen molar-refractivity contribution in [1.82, 2.24) is 0 Å². The number of furan rings is 1. The molecule has 0 N–H and O–H groups in total. The predicted octanol–water partition coefficient (Wildman–Crippen LogP) is 4.88. The molecule has 0 aliphatic carbocycles. The van der Waals surface area contributed by atoms with Crippen LogP contribution >= 0.6 is 0 Å². The van der Waals surface area contributed by atoms with Crippen molar-refractivity contribution in [2.75, 3.05) is 0 Å². The number of esters is 1. The minimum absolute atomic E-state index is 0.0195. The van der Waals surface area contributed by atoms with Crippen LogP contribution in [0.25, 0.3) is 22.3 Å². The Bertz CT molecular complexity index is 1330. The van der Waals surface area contributed by atoms with Crippen molar-refractivity contribution < 1.29 is 23.3 Å². The van der Waals surface area contributed by atoms with Crippen molar-refractivity contribution in [3.63, 3.8) is 0 Å². The lowest BCUT2D eigenvalue weighted by molar-refractivity contribution is -0.384. The topological polar surface area (TPSA) is 113 Å². The number of nitrogens with zero attached hydrogens (tertiary/aromatic N) is 1. The largest absolute Gasteiger partial charge is 0.455 e. The summed E-state index contributed by atoms with van der Waals surface area (Å²) in [4.78, 5) is 34.6. The molecule has 0 fully saturated rings. The van der Waals surface area contributed by atoms with E-state index in [2.05, 4.69) is 0 Å². The van der Waals surface area contributed by atoms with E-state index in [0.717, 1.165) is 12.0 Å². The molecule has 0 unspecified atom stereocenters. The summed E-state index contributed by atoms with van der Waals surface area (Å²) in [7, 11) is 0. The van der Waals surface area contributed by atoms with Gasteiger partial charge in [0.1, 0.15) is 18.0 Å². The van der Waals surface area contributed by atoms with E-state index in [1.54, 1.807) is 12.1 Å². The first kappa shape index (κ1) is 20.1. The van der Waals surface area contributed by atoms with Crippen LogP contribution in [0, 0.1) is 10.1 Å². The lowest BCUT2D eigenvalue weighted by atomic mass is 10.1. The summed E-state index contributed by atoms with van der Waals surface area (Å²) in [6.07, 6.45) is 0.800. The van der Waals surface area contributed by atoms with Gasteiger partial charge in [-0.15, -0.1) is 0 Å². The smallest absolute Gasteiger partial charge is 0.374 e. The van der Waals surface area contributed by atoms with Crippen LogP contribution in [-0.2, 0) is 17.8 Å². The molecule has 0 aliphatic heterocycles. The highest BCUT2D eigenvalue weighted by atomic mass is 16.6. The first-order valence-corrected chi connectivity index (χ1v) is 9.52. The Morgan fingerprint density at radius 1 is 1.03 bits per heavy atom. The molecule has 8 nitrogen and oxygen atoms in total. The maximum atomic E-state index is 12.4. The van der Waals surface area contributed by atoms with Gasteiger partial charge in [0.25, 0.3) is 5.69 Å². The molecule has 31 heavy (non-hydrogen) atoms. The normalized spacial score (nSPS) is 10.9. The molecule has 0 saturated heterocycles. The van der Waals surface area contributed by atoms with Gasteiger partial charge in [0.05, 0.1) is 4.92 Å². The van der Waals surface area contributed by atoms with Crippen molar-refractivity contribution in [3.05, 3.63) is 98.1 Å². The van der Waals surface area contributed by atoms with Crippen LogP contribution < -0.4 is 5.63 Å². The third-order valence-corrected chi connectivity index (χ3v) is 4.83. The van der Waals surface area contributed by atoms with Gasteiger partial charge >= 0.3 is 11.6 Å². The zero-order valence-corrected chi connectivity index (χ0v) is 16.5. The van der Waals surface area contributed by atoms with Gasteiger partial charge in [-0.05, 0) is 42.3 Å². The number of non-ortho nitro benzene ring substituents is 1. The molecule has 2 aromatic heterocycles. The minimum Gasteiger partial charge on any atom is -0.455 e. The zero-order valence-electron chi connectivity index (χ0n) is 16.5. The van der Waals surface area contributed by atoms with E-state index in [-0.39, 0.29) is 18.1 Å². The first-order chi connectivity index (χ1) is 14.9. The zero-order chi connectivity index (χ0) is 22.0. The summed E-state index contributed by atoms with van der Waals surface area (Å²) in [6, 6.07) is 15.7. The van der Waals surface area contributed by atoms with Crippen molar-refractivity contribution in [3.8, 4) is 11.3 Å². The molecule has 0 radical (unpaired) electrons. The van der Waals surface area contributed by atoms with Crippen LogP contribution in [0.4, 0.5) is 5.69 Å². The molecule has 156 valence electrons. The molecule has 0 amide bonds. The summed E-state index contributed by atoms with van der Waals surface area (Å²) in [6.45, 7) is 1.87. The van der Waals surface area contributed by atoms with Gasteiger partial charge in [-0.2, -0.15) is 0 Å². The second kappa shape index (κ2) is 8.27. The Balaban J connectivity index is 1.51. The van der Waals surface area contributed by atoms with Crippen molar-refractivity contribution >= 4 is 22.6 Å². The monoisotopic (exact) mass is 419 g/mol. The SMILES string of the molecule is CCc1ccc2c(COC(=O)c3ccc(-c4ccc([N+](=O)[O-])cc4)o3)cc(=O)oc2c1. The van der Waals surface area contributed by atoms with E-state index in [4.69, 9.17) is 13.6 Å². The van der Waals surface area contributed by atoms with Gasteiger partial charge in [0, 0.05) is 34.7 Å². The predicted molar refractivity (Wildman–Crippen MR) is 112 cm³/mol. The molecule has 0 bridgehead atoms. The summed E-state index contributed by atoms with van der Waals surface area (Å²) >= 11 is 0. The average Bonchev–Trinajstić information content (AvgIpc) is 3.27. The lowest BCUT2D eigenvalue weighted by Gasteiger charge is -2.07. The van der Waals surface area contributed by atoms with Crippen LogP contribution in [0.5, 0.6) is 0 Å². The molecule has 0 aliphatic rings. The first-order valence-electron chi connectivity index (χ1n) is 9.52. The Kier molecular flexibility index (Phi) is 5.36. The average molecular weight is 419 g/mol. The molecular formula is C23H17NO7. The summed E-state index contributed by atoms with van der Waals surface area (Å²) in [5.41, 5.74) is 2.02. The van der Waals surface area contributed by atoms with Crippen LogP contribution in [0.2, 0.25) is 0 Å². The third-order valence-electron chi connectivity index (χ3n) is 4.83. The quantitative estimate of drug-likeness (QED) is 0.189. The second-order valence-corrected chi connectivity index (χ2v) is 6.82. The van der Waals surface area contributed by atoms with E-state index in [0.29, 0.717) is 27.9 Å². The molecule has 8 heteroatoms. The van der Waals surface area contributed by atoms with Crippen LogP contribution in [-0.4, -0.2) is 10.9 Å². The number of hydrogen-bond donors (Lipinski definition) is 0. The molecule has 2 heterocycles. The maximum Gasteiger partial charge on any atom is 0.374 e. The number of benzene rings is 2. The number of nitro benzene ring substituents is 1. The van der Waals surface area contributed by atoms with E-state index >= 15 is 0 Å². The second-order valence-electron chi connectivity index (χ2n) is 6.82. The van der Waals surface area contributed by atoms with Gasteiger partial charge in [-0.25, -0.2) is 9.59 Å². The fraction of sp³-hybridized carbons (Fsp3) is 0.130. The molecule has 4 rings (SSSR count). The highest BCUT2D eigenvalue weighted by Gasteiger charge is 2.16. The number of rotatable bonds is 6. The van der Waals surface area contributed by atoms with E-state index < -0.39 is 16.5 Å². The van der Waals surface area contributed by atoms with Crippen molar-refractivity contribution in [2.45, 2.75) is 20.0 Å². The molecule has 0 atom stereocenters. The van der Waals surface area contributed by atoms with Gasteiger partial charge in [-0.1, -0.05) is 19.1 Å². The lowest BCUT2D eigenvalue weighted by Crippen LogP contribution is -2.07. The molecule has 2 aromatic carbocycles. The number of nitro groups is 1. The molecular weight excluding hydrogens is 402 g/mol. The van der Waals surface area contributed by atoms with Gasteiger partial charge in [0.2, 0.25) is 5.76 Å². The fourth-order valence-corrected chi connectivity index (χ4v) is 3.18. The van der Waals surface area contributed by atoms with Crippen LogP contribution in [0.15, 0.2) is 74.3 Å². The molecule has 0 saturated carbocycles. The number of fused-ring (bicyclic) bond motifs is 1. The van der Waals surface area contributed by atoms with E-state index in [1.807, 2.05) is 19.1 Å². The molecule has 0 spiro atoms. The van der Waals surface area contributed by atoms with Gasteiger partial charge in [-0.3, -0.25) is 10.1 Å². The minimum atomic E-state index is -0.695. The van der Waals surface area contributed by atoms with Crippen molar-refractivity contribution in [1.29, 1.82) is 0 Å². The van der Waals surface area contributed by atoms with Gasteiger partial charge < -0.3 is 13.6 Å². The van der Waals surface area contributed by atoms with Crippen LogP contribution in [0.1, 0.15) is 28.6 Å².